The van der Waals surface area contributed by atoms with E-state index in [2.05, 4.69) is 15.6 Å². The van der Waals surface area contributed by atoms with Gasteiger partial charge >= 0.3 is 0 Å². The van der Waals surface area contributed by atoms with Gasteiger partial charge in [-0.3, -0.25) is 4.79 Å². The van der Waals surface area contributed by atoms with Gasteiger partial charge in [-0.25, -0.2) is 9.37 Å². The molecule has 1 amide bonds. The minimum atomic E-state index is -0.320. The quantitative estimate of drug-likeness (QED) is 0.630. The van der Waals surface area contributed by atoms with Gasteiger partial charge < -0.3 is 10.6 Å². The highest BCUT2D eigenvalue weighted by Gasteiger charge is 2.09. The lowest BCUT2D eigenvalue weighted by atomic mass is 10.2. The normalized spacial score (nSPS) is 10.4. The lowest BCUT2D eigenvalue weighted by Gasteiger charge is -2.08. The zero-order chi connectivity index (χ0) is 17.8. The van der Waals surface area contributed by atoms with Crippen molar-refractivity contribution in [3.8, 4) is 0 Å². The molecule has 0 saturated heterocycles. The molecule has 0 aliphatic carbocycles. The Kier molecular flexibility index (Phi) is 5.16. The molecule has 0 spiro atoms. The Morgan fingerprint density at radius 3 is 2.28 bits per heavy atom. The summed E-state index contributed by atoms with van der Waals surface area (Å²) in [6, 6.07) is 14.0. The van der Waals surface area contributed by atoms with Gasteiger partial charge in [0.15, 0.2) is 0 Å². The maximum absolute atomic E-state index is 12.9. The standard InChI is InChI=1S/C18H12Cl2FN3O/c19-15-7-1-11(9-16(15)20)18(25)24-14-6-8-17(22-10-14)23-13-4-2-12(21)3-5-13/h1-10H,(H,22,23)(H,24,25). The Morgan fingerprint density at radius 2 is 1.64 bits per heavy atom. The summed E-state index contributed by atoms with van der Waals surface area (Å²) in [6.45, 7) is 0. The Hall–Kier alpha value is -2.63. The molecule has 0 atom stereocenters. The minimum absolute atomic E-state index is 0.307. The molecule has 126 valence electrons. The smallest absolute Gasteiger partial charge is 0.255 e. The number of pyridine rings is 1. The highest BCUT2D eigenvalue weighted by atomic mass is 35.5. The molecule has 3 rings (SSSR count). The van der Waals surface area contributed by atoms with Crippen LogP contribution in [0.3, 0.4) is 0 Å². The van der Waals surface area contributed by atoms with E-state index in [1.165, 1.54) is 24.4 Å². The van der Waals surface area contributed by atoms with Crippen LogP contribution >= 0.6 is 23.2 Å². The molecule has 0 aliphatic rings. The number of carbonyl (C=O) groups is 1. The Labute approximate surface area is 153 Å². The third-order valence-corrected chi connectivity index (χ3v) is 4.06. The highest BCUT2D eigenvalue weighted by molar-refractivity contribution is 6.42. The van der Waals surface area contributed by atoms with Gasteiger partial charge in [-0.15, -0.1) is 0 Å². The number of aromatic nitrogens is 1. The van der Waals surface area contributed by atoms with Crippen molar-refractivity contribution in [2.45, 2.75) is 0 Å². The summed E-state index contributed by atoms with van der Waals surface area (Å²) in [7, 11) is 0. The SMILES string of the molecule is O=C(Nc1ccc(Nc2ccc(F)cc2)nc1)c1ccc(Cl)c(Cl)c1. The molecule has 1 heterocycles. The van der Waals surface area contributed by atoms with Crippen LogP contribution in [0.2, 0.25) is 10.0 Å². The molecule has 2 N–H and O–H groups in total. The second-order valence-corrected chi connectivity index (χ2v) is 5.96. The van der Waals surface area contributed by atoms with Crippen LogP contribution in [0.15, 0.2) is 60.8 Å². The number of hydrogen-bond donors (Lipinski definition) is 2. The molecule has 1 aromatic heterocycles. The monoisotopic (exact) mass is 375 g/mol. The topological polar surface area (TPSA) is 54.0 Å². The van der Waals surface area contributed by atoms with Gasteiger partial charge in [-0.1, -0.05) is 23.2 Å². The third-order valence-electron chi connectivity index (χ3n) is 3.32. The Morgan fingerprint density at radius 1 is 0.920 bits per heavy atom. The van der Waals surface area contributed by atoms with Crippen LogP contribution in [0.1, 0.15) is 10.4 Å². The number of anilines is 3. The van der Waals surface area contributed by atoms with Crippen LogP contribution in [-0.4, -0.2) is 10.9 Å². The molecule has 0 radical (unpaired) electrons. The molecule has 25 heavy (non-hydrogen) atoms. The fraction of sp³-hybridized carbons (Fsp3) is 0. The van der Waals surface area contributed by atoms with E-state index in [4.69, 9.17) is 23.2 Å². The van der Waals surface area contributed by atoms with Crippen molar-refractivity contribution in [3.63, 3.8) is 0 Å². The van der Waals surface area contributed by atoms with Gasteiger partial charge in [-0.2, -0.15) is 0 Å². The van der Waals surface area contributed by atoms with Gasteiger partial charge in [0.25, 0.3) is 5.91 Å². The first kappa shape index (κ1) is 17.2. The van der Waals surface area contributed by atoms with Crippen molar-refractivity contribution in [1.29, 1.82) is 0 Å². The van der Waals surface area contributed by atoms with E-state index in [1.807, 2.05) is 0 Å². The first-order chi connectivity index (χ1) is 12.0. The van der Waals surface area contributed by atoms with E-state index in [0.717, 1.165) is 0 Å². The summed E-state index contributed by atoms with van der Waals surface area (Å²) in [5.41, 5.74) is 1.63. The summed E-state index contributed by atoms with van der Waals surface area (Å²) in [5.74, 6) is -0.0578. The summed E-state index contributed by atoms with van der Waals surface area (Å²) in [5, 5.41) is 6.45. The molecule has 0 saturated carbocycles. The van der Waals surface area contributed by atoms with E-state index < -0.39 is 0 Å². The second kappa shape index (κ2) is 7.51. The van der Waals surface area contributed by atoms with Crippen LogP contribution < -0.4 is 10.6 Å². The van der Waals surface area contributed by atoms with Gasteiger partial charge in [0, 0.05) is 11.3 Å². The van der Waals surface area contributed by atoms with Crippen molar-refractivity contribution in [3.05, 3.63) is 82.2 Å². The van der Waals surface area contributed by atoms with Gasteiger partial charge in [0.2, 0.25) is 0 Å². The van der Waals surface area contributed by atoms with E-state index in [9.17, 15) is 9.18 Å². The van der Waals surface area contributed by atoms with E-state index in [-0.39, 0.29) is 11.7 Å². The Bertz CT molecular complexity index is 899. The predicted octanol–water partition coefficient (Wildman–Crippen LogP) is 5.52. The zero-order valence-corrected chi connectivity index (χ0v) is 14.3. The van der Waals surface area contributed by atoms with E-state index >= 15 is 0 Å². The first-order valence-electron chi connectivity index (χ1n) is 7.26. The van der Waals surface area contributed by atoms with Crippen LogP contribution in [-0.2, 0) is 0 Å². The number of benzene rings is 2. The molecule has 3 aromatic rings. The number of hydrogen-bond acceptors (Lipinski definition) is 3. The third kappa shape index (κ3) is 4.47. The number of rotatable bonds is 4. The molecule has 0 aliphatic heterocycles. The summed E-state index contributed by atoms with van der Waals surface area (Å²) >= 11 is 11.7. The summed E-state index contributed by atoms with van der Waals surface area (Å²) < 4.78 is 12.9. The summed E-state index contributed by atoms with van der Waals surface area (Å²) in [6.07, 6.45) is 1.52. The van der Waals surface area contributed by atoms with Crippen LogP contribution in [0, 0.1) is 5.82 Å². The summed E-state index contributed by atoms with van der Waals surface area (Å²) in [4.78, 5) is 16.4. The highest BCUT2D eigenvalue weighted by Crippen LogP contribution is 2.23. The minimum Gasteiger partial charge on any atom is -0.340 e. The lowest BCUT2D eigenvalue weighted by Crippen LogP contribution is -2.12. The van der Waals surface area contributed by atoms with Crippen LogP contribution in [0.5, 0.6) is 0 Å². The zero-order valence-electron chi connectivity index (χ0n) is 12.8. The molecule has 7 heteroatoms. The molecule has 2 aromatic carbocycles. The fourth-order valence-corrected chi connectivity index (χ4v) is 2.36. The maximum Gasteiger partial charge on any atom is 0.255 e. The average Bonchev–Trinajstić information content (AvgIpc) is 2.61. The number of nitrogens with zero attached hydrogens (tertiary/aromatic N) is 1. The maximum atomic E-state index is 12.9. The lowest BCUT2D eigenvalue weighted by molar-refractivity contribution is 0.102. The van der Waals surface area contributed by atoms with Gasteiger partial charge in [0.1, 0.15) is 11.6 Å². The van der Waals surface area contributed by atoms with Crippen molar-refractivity contribution in [2.24, 2.45) is 0 Å². The predicted molar refractivity (Wildman–Crippen MR) is 98.3 cm³/mol. The molecule has 4 nitrogen and oxygen atoms in total. The van der Waals surface area contributed by atoms with E-state index in [1.54, 1.807) is 36.4 Å². The van der Waals surface area contributed by atoms with Crippen molar-refractivity contribution >= 4 is 46.3 Å². The van der Waals surface area contributed by atoms with Crippen LogP contribution in [0.25, 0.3) is 0 Å². The van der Waals surface area contributed by atoms with Gasteiger partial charge in [0.05, 0.1) is 21.9 Å². The number of carbonyl (C=O) groups excluding carboxylic acids is 1. The van der Waals surface area contributed by atoms with Gasteiger partial charge in [-0.05, 0) is 54.6 Å². The molecule has 0 fully saturated rings. The molecular weight excluding hydrogens is 364 g/mol. The Balaban J connectivity index is 1.66. The molecule has 0 bridgehead atoms. The number of amides is 1. The van der Waals surface area contributed by atoms with Crippen molar-refractivity contribution in [2.75, 3.05) is 10.6 Å². The fourth-order valence-electron chi connectivity index (χ4n) is 2.06. The molecule has 0 unspecified atom stereocenters. The first-order valence-corrected chi connectivity index (χ1v) is 8.02. The second-order valence-electron chi connectivity index (χ2n) is 5.15. The average molecular weight is 376 g/mol. The number of nitrogens with one attached hydrogen (secondary N) is 2. The number of halogens is 3. The van der Waals surface area contributed by atoms with Crippen LogP contribution in [0.4, 0.5) is 21.6 Å². The van der Waals surface area contributed by atoms with Crippen molar-refractivity contribution < 1.29 is 9.18 Å². The van der Waals surface area contributed by atoms with E-state index in [0.29, 0.717) is 32.8 Å². The molecular formula is C18H12Cl2FN3O. The van der Waals surface area contributed by atoms with Crippen molar-refractivity contribution in [1.82, 2.24) is 4.98 Å². The largest absolute Gasteiger partial charge is 0.340 e.